The van der Waals surface area contributed by atoms with Crippen molar-refractivity contribution in [2.24, 2.45) is 5.10 Å². The average Bonchev–Trinajstić information content (AvgIpc) is 3.70. The van der Waals surface area contributed by atoms with Gasteiger partial charge in [0.1, 0.15) is 18.5 Å². The van der Waals surface area contributed by atoms with Gasteiger partial charge in [0.25, 0.3) is 0 Å². The van der Waals surface area contributed by atoms with Crippen molar-refractivity contribution in [2.75, 3.05) is 36.2 Å². The molecule has 3 heterocycles. The normalized spacial score (nSPS) is 18.8. The summed E-state index contributed by atoms with van der Waals surface area (Å²) in [7, 11) is 0. The summed E-state index contributed by atoms with van der Waals surface area (Å²) in [5, 5.41) is 6.97. The number of rotatable bonds is 7. The number of nitrogens with zero attached hydrogens (tertiary/aromatic N) is 3. The summed E-state index contributed by atoms with van der Waals surface area (Å²) in [6.07, 6.45) is 6.76. The summed E-state index contributed by atoms with van der Waals surface area (Å²) in [4.78, 5) is 2.55. The van der Waals surface area contributed by atoms with Crippen LogP contribution in [0, 0.1) is 0 Å². The Balaban J connectivity index is 1.42. The molecule has 0 radical (unpaired) electrons. The molecule has 0 aromatic heterocycles. The molecule has 5 heteroatoms. The maximum Gasteiger partial charge on any atom is 0.133 e. The van der Waals surface area contributed by atoms with Gasteiger partial charge in [-0.2, -0.15) is 5.10 Å². The zero-order valence-electron chi connectivity index (χ0n) is 18.8. The molecule has 1 fully saturated rings. The largest absolute Gasteiger partial charge is 0.490 e. The molecule has 1 saturated heterocycles. The van der Waals surface area contributed by atoms with E-state index in [1.165, 1.54) is 29.7 Å². The number of ether oxygens (including phenoxy) is 2. The van der Waals surface area contributed by atoms with E-state index in [0.29, 0.717) is 6.61 Å². The van der Waals surface area contributed by atoms with E-state index in [1.807, 2.05) is 47.6 Å². The molecule has 0 spiro atoms. The Morgan fingerprint density at radius 1 is 0.970 bits per heavy atom. The molecule has 5 nitrogen and oxygen atoms in total. The third kappa shape index (κ3) is 4.21. The molecule has 0 aliphatic carbocycles. The lowest BCUT2D eigenvalue weighted by molar-refractivity contribution is 0.260. The van der Waals surface area contributed by atoms with Crippen LogP contribution in [0.2, 0.25) is 0 Å². The number of hydrogen-bond acceptors (Lipinski definition) is 5. The highest BCUT2D eigenvalue weighted by atomic mass is 16.6. The van der Waals surface area contributed by atoms with Gasteiger partial charge in [0.15, 0.2) is 0 Å². The van der Waals surface area contributed by atoms with Crippen LogP contribution in [0.5, 0.6) is 5.75 Å². The van der Waals surface area contributed by atoms with Crippen molar-refractivity contribution in [3.63, 3.8) is 0 Å². The van der Waals surface area contributed by atoms with Gasteiger partial charge >= 0.3 is 0 Å². The standard InChI is InChI=1S/C28H29N3O2/c1-3-10-23(11-4-1)31(24-12-5-2-6-13-24)29-18-22-17-21-9-7-15-30-16-8-14-26(27(21)30)28(22)33-20-25-19-32-25/h1-6,10-13,17-18,25H,7-9,14-16,19-20H2/b29-18+. The van der Waals surface area contributed by atoms with Crippen LogP contribution in [0.3, 0.4) is 0 Å². The van der Waals surface area contributed by atoms with E-state index < -0.39 is 0 Å². The van der Waals surface area contributed by atoms with E-state index >= 15 is 0 Å². The van der Waals surface area contributed by atoms with Crippen molar-refractivity contribution in [1.82, 2.24) is 0 Å². The monoisotopic (exact) mass is 439 g/mol. The first-order valence-electron chi connectivity index (χ1n) is 12.0. The molecular formula is C28H29N3O2. The van der Waals surface area contributed by atoms with E-state index in [1.54, 1.807) is 0 Å². The number of benzene rings is 3. The third-order valence-corrected chi connectivity index (χ3v) is 6.63. The predicted molar refractivity (Wildman–Crippen MR) is 133 cm³/mol. The average molecular weight is 440 g/mol. The zero-order chi connectivity index (χ0) is 22.0. The number of para-hydroxylation sites is 2. The van der Waals surface area contributed by atoms with Crippen LogP contribution in [0.1, 0.15) is 29.5 Å². The van der Waals surface area contributed by atoms with Gasteiger partial charge in [0.2, 0.25) is 0 Å². The van der Waals surface area contributed by atoms with Crippen LogP contribution in [0.15, 0.2) is 71.8 Å². The lowest BCUT2D eigenvalue weighted by Gasteiger charge is -2.38. The highest BCUT2D eigenvalue weighted by molar-refractivity contribution is 5.89. The second-order valence-electron chi connectivity index (χ2n) is 8.97. The van der Waals surface area contributed by atoms with Crippen LogP contribution in [0.4, 0.5) is 17.1 Å². The van der Waals surface area contributed by atoms with Gasteiger partial charge in [-0.3, -0.25) is 0 Å². The Morgan fingerprint density at radius 2 is 1.64 bits per heavy atom. The molecule has 0 saturated carbocycles. The summed E-state index contributed by atoms with van der Waals surface area (Å²) in [6, 6.07) is 22.9. The summed E-state index contributed by atoms with van der Waals surface area (Å²) >= 11 is 0. The van der Waals surface area contributed by atoms with Crippen molar-refractivity contribution >= 4 is 23.3 Å². The molecule has 1 unspecified atom stereocenters. The second-order valence-corrected chi connectivity index (χ2v) is 8.97. The van der Waals surface area contributed by atoms with Crippen LogP contribution < -0.4 is 14.6 Å². The fourth-order valence-corrected chi connectivity index (χ4v) is 5.00. The van der Waals surface area contributed by atoms with E-state index in [0.717, 1.165) is 55.2 Å². The molecule has 0 N–H and O–H groups in total. The molecule has 0 amide bonds. The van der Waals surface area contributed by atoms with Gasteiger partial charge in [-0.05, 0) is 61.6 Å². The Morgan fingerprint density at radius 3 is 2.30 bits per heavy atom. The summed E-state index contributed by atoms with van der Waals surface area (Å²) in [6.45, 7) is 3.70. The second kappa shape index (κ2) is 8.91. The SMILES string of the molecule is C(=N\N(c1ccccc1)c1ccccc1)/c1cc2c3c(c1OCC1CO1)CCCN3CCC2. The van der Waals surface area contributed by atoms with Gasteiger partial charge < -0.3 is 14.4 Å². The first kappa shape index (κ1) is 20.3. The maximum absolute atomic E-state index is 6.41. The molecule has 33 heavy (non-hydrogen) atoms. The molecule has 1 atom stereocenters. The van der Waals surface area contributed by atoms with Crippen LogP contribution >= 0.6 is 0 Å². The minimum atomic E-state index is 0.225. The van der Waals surface area contributed by atoms with Crippen LogP contribution in [-0.2, 0) is 17.6 Å². The molecule has 3 aromatic rings. The number of anilines is 3. The van der Waals surface area contributed by atoms with Gasteiger partial charge in [-0.15, -0.1) is 0 Å². The van der Waals surface area contributed by atoms with Crippen molar-refractivity contribution in [3.05, 3.63) is 83.4 Å². The van der Waals surface area contributed by atoms with Crippen molar-refractivity contribution in [1.29, 1.82) is 0 Å². The minimum Gasteiger partial charge on any atom is -0.490 e. The van der Waals surface area contributed by atoms with E-state index in [9.17, 15) is 0 Å². The molecule has 3 aliphatic rings. The summed E-state index contributed by atoms with van der Waals surface area (Å²) in [5.41, 5.74) is 7.31. The first-order valence-corrected chi connectivity index (χ1v) is 12.0. The van der Waals surface area contributed by atoms with E-state index in [-0.39, 0.29) is 6.10 Å². The molecular weight excluding hydrogens is 410 g/mol. The Hall–Kier alpha value is -3.31. The highest BCUT2D eigenvalue weighted by Gasteiger charge is 2.30. The number of hydrazone groups is 1. The number of aryl methyl sites for hydroxylation is 1. The molecule has 0 bridgehead atoms. The lowest BCUT2D eigenvalue weighted by atomic mass is 9.89. The van der Waals surface area contributed by atoms with Gasteiger partial charge in [0, 0.05) is 29.9 Å². The maximum atomic E-state index is 6.41. The van der Waals surface area contributed by atoms with Gasteiger partial charge in [-0.1, -0.05) is 36.4 Å². The molecule has 6 rings (SSSR count). The Labute approximate surface area is 195 Å². The van der Waals surface area contributed by atoms with Crippen molar-refractivity contribution in [3.8, 4) is 5.75 Å². The van der Waals surface area contributed by atoms with E-state index in [2.05, 4.69) is 35.2 Å². The van der Waals surface area contributed by atoms with Crippen LogP contribution in [0.25, 0.3) is 0 Å². The fraction of sp³-hybridized carbons (Fsp3) is 0.321. The zero-order valence-corrected chi connectivity index (χ0v) is 18.8. The van der Waals surface area contributed by atoms with Crippen molar-refractivity contribution < 1.29 is 9.47 Å². The van der Waals surface area contributed by atoms with Crippen LogP contribution in [-0.4, -0.2) is 38.6 Å². The summed E-state index contributed by atoms with van der Waals surface area (Å²) < 4.78 is 11.8. The third-order valence-electron chi connectivity index (χ3n) is 6.63. The molecule has 3 aromatic carbocycles. The fourth-order valence-electron chi connectivity index (χ4n) is 5.00. The van der Waals surface area contributed by atoms with E-state index in [4.69, 9.17) is 14.6 Å². The Kier molecular flexibility index (Phi) is 5.48. The first-order chi connectivity index (χ1) is 16.4. The minimum absolute atomic E-state index is 0.225. The van der Waals surface area contributed by atoms with Gasteiger partial charge in [-0.25, -0.2) is 5.01 Å². The lowest BCUT2D eigenvalue weighted by Crippen LogP contribution is -2.35. The quantitative estimate of drug-likeness (QED) is 0.283. The summed E-state index contributed by atoms with van der Waals surface area (Å²) in [5.74, 6) is 0.987. The predicted octanol–water partition coefficient (Wildman–Crippen LogP) is 5.34. The van der Waals surface area contributed by atoms with Crippen molar-refractivity contribution in [2.45, 2.75) is 31.8 Å². The number of hydrogen-bond donors (Lipinski definition) is 0. The molecule has 168 valence electrons. The molecule has 3 aliphatic heterocycles. The topological polar surface area (TPSA) is 40.6 Å². The smallest absolute Gasteiger partial charge is 0.133 e. The highest BCUT2D eigenvalue weighted by Crippen LogP contribution is 2.42. The van der Waals surface area contributed by atoms with Gasteiger partial charge in [0.05, 0.1) is 24.2 Å². The number of epoxide rings is 1. The Bertz CT molecular complexity index is 1100.